The number of anilines is 4. The van der Waals surface area contributed by atoms with E-state index in [0.717, 1.165) is 53.4 Å². The molecule has 0 spiro atoms. The molecule has 6 rings (SSSR count). The van der Waals surface area contributed by atoms with Crippen LogP contribution in [-0.4, -0.2) is 72.3 Å². The molecule has 0 unspecified atom stereocenters. The summed E-state index contributed by atoms with van der Waals surface area (Å²) in [6.07, 6.45) is 1.10. The Morgan fingerprint density at radius 2 is 1.82 bits per heavy atom. The maximum absolute atomic E-state index is 15.0. The number of rotatable bonds is 5. The number of fused-ring (bicyclic) bond motifs is 2. The van der Waals surface area contributed by atoms with Gasteiger partial charge in [-0.15, -0.1) is 0 Å². The summed E-state index contributed by atoms with van der Waals surface area (Å²) in [6, 6.07) is 9.01. The van der Waals surface area contributed by atoms with E-state index in [2.05, 4.69) is 32.1 Å². The Morgan fingerprint density at radius 1 is 1.00 bits per heavy atom. The number of aromatic nitrogens is 3. The van der Waals surface area contributed by atoms with Gasteiger partial charge in [0.1, 0.15) is 12.3 Å². The smallest absolute Gasteiger partial charge is 0.227 e. The van der Waals surface area contributed by atoms with Crippen molar-refractivity contribution in [1.82, 2.24) is 19.9 Å². The highest BCUT2D eigenvalue weighted by Gasteiger charge is 2.26. The van der Waals surface area contributed by atoms with Gasteiger partial charge in [-0.1, -0.05) is 11.3 Å². The summed E-state index contributed by atoms with van der Waals surface area (Å²) in [5.74, 6) is -0.769. The molecule has 0 radical (unpaired) electrons. The molecule has 38 heavy (non-hydrogen) atoms. The maximum Gasteiger partial charge on any atom is 0.227 e. The molecule has 2 aromatic heterocycles. The third kappa shape index (κ3) is 4.71. The van der Waals surface area contributed by atoms with Crippen LogP contribution in [0.4, 0.5) is 31.2 Å². The van der Waals surface area contributed by atoms with E-state index in [1.165, 1.54) is 6.07 Å². The van der Waals surface area contributed by atoms with Crippen LogP contribution in [0.15, 0.2) is 36.5 Å². The maximum atomic E-state index is 15.0. The lowest BCUT2D eigenvalue weighted by atomic mass is 10.1. The zero-order valence-corrected chi connectivity index (χ0v) is 22.4. The number of ether oxygens (including phenoxy) is 1. The van der Waals surface area contributed by atoms with Crippen molar-refractivity contribution in [3.8, 4) is 17.0 Å². The van der Waals surface area contributed by atoms with E-state index in [1.807, 2.05) is 36.9 Å². The molecule has 0 atom stereocenters. The number of benzene rings is 2. The van der Waals surface area contributed by atoms with Gasteiger partial charge in [-0.2, -0.15) is 0 Å². The first-order chi connectivity index (χ1) is 18.4. The fourth-order valence-corrected chi connectivity index (χ4v) is 5.86. The van der Waals surface area contributed by atoms with Crippen molar-refractivity contribution in [2.24, 2.45) is 0 Å². The summed E-state index contributed by atoms with van der Waals surface area (Å²) in [6.45, 7) is 9.03. The second kappa shape index (κ2) is 9.95. The molecule has 11 heteroatoms. The van der Waals surface area contributed by atoms with Crippen molar-refractivity contribution in [3.63, 3.8) is 0 Å². The Morgan fingerprint density at radius 3 is 2.61 bits per heavy atom. The van der Waals surface area contributed by atoms with Gasteiger partial charge in [0.2, 0.25) is 5.95 Å². The Hall–Kier alpha value is -3.57. The number of thiazole rings is 1. The molecule has 4 aromatic rings. The molecule has 4 heterocycles. The Labute approximate surface area is 223 Å². The molecule has 0 aliphatic carbocycles. The van der Waals surface area contributed by atoms with E-state index >= 15 is 0 Å². The fraction of sp³-hybridized carbons (Fsp3) is 0.370. The minimum absolute atomic E-state index is 0.0190. The number of hydrogen-bond donors (Lipinski definition) is 1. The second-order valence-electron chi connectivity index (χ2n) is 9.93. The number of nitrogens with zero attached hydrogens (tertiary/aromatic N) is 6. The van der Waals surface area contributed by atoms with Crippen LogP contribution >= 0.6 is 11.3 Å². The molecular weight excluding hydrogens is 508 g/mol. The zero-order chi connectivity index (χ0) is 26.4. The number of likely N-dealkylation sites (N-methyl/N-ethyl adjacent to an activating group) is 1. The summed E-state index contributed by atoms with van der Waals surface area (Å²) in [4.78, 5) is 20.0. The van der Waals surface area contributed by atoms with Gasteiger partial charge < -0.3 is 24.8 Å². The van der Waals surface area contributed by atoms with Gasteiger partial charge in [-0.05, 0) is 51.2 Å². The standard InChI is InChI=1S/C27H29F2N7OS/c1-16(2)36-10-11-37-25-19(28)12-17(13-22(25)36)24-20(29)15-30-26(33-24)31-18-4-5-23-21(14-18)32-27(38-23)35-8-6-34(3)7-9-35/h4-5,12-16H,6-11H2,1-3H3,(H,30,31,33). The number of hydrogen-bond acceptors (Lipinski definition) is 9. The van der Waals surface area contributed by atoms with E-state index in [1.54, 1.807) is 17.4 Å². The molecule has 198 valence electrons. The van der Waals surface area contributed by atoms with Crippen molar-refractivity contribution >= 4 is 44.0 Å². The SMILES string of the molecule is CC(C)N1CCOc2c(F)cc(-c3nc(Nc4ccc5sc(N6CCN(C)CC6)nc5c4)ncc3F)cc21. The number of halogens is 2. The lowest BCUT2D eigenvalue weighted by Crippen LogP contribution is -2.44. The van der Waals surface area contributed by atoms with E-state index in [9.17, 15) is 8.78 Å². The molecule has 8 nitrogen and oxygen atoms in total. The van der Waals surface area contributed by atoms with Gasteiger partial charge in [-0.25, -0.2) is 23.7 Å². The van der Waals surface area contributed by atoms with Crippen molar-refractivity contribution in [1.29, 1.82) is 0 Å². The third-order valence-corrected chi connectivity index (χ3v) is 8.06. The molecule has 0 amide bonds. The number of piperazine rings is 1. The molecule has 1 N–H and O–H groups in total. The average Bonchev–Trinajstić information content (AvgIpc) is 3.33. The van der Waals surface area contributed by atoms with Crippen molar-refractivity contribution < 1.29 is 13.5 Å². The summed E-state index contributed by atoms with van der Waals surface area (Å²) in [5, 5.41) is 4.17. The van der Waals surface area contributed by atoms with Gasteiger partial charge in [0.25, 0.3) is 0 Å². The summed E-state index contributed by atoms with van der Waals surface area (Å²) in [7, 11) is 2.13. The van der Waals surface area contributed by atoms with Crippen LogP contribution in [0.25, 0.3) is 21.5 Å². The van der Waals surface area contributed by atoms with E-state index in [-0.39, 0.29) is 23.4 Å². The highest BCUT2D eigenvalue weighted by atomic mass is 32.1. The van der Waals surface area contributed by atoms with Crippen molar-refractivity contribution in [2.75, 3.05) is 61.5 Å². The van der Waals surface area contributed by atoms with Gasteiger partial charge >= 0.3 is 0 Å². The fourth-order valence-electron chi connectivity index (χ4n) is 4.86. The molecule has 2 aromatic carbocycles. The van der Waals surface area contributed by atoms with Gasteiger partial charge in [0, 0.05) is 43.5 Å². The second-order valence-corrected chi connectivity index (χ2v) is 10.9. The predicted molar refractivity (Wildman–Crippen MR) is 148 cm³/mol. The quantitative estimate of drug-likeness (QED) is 0.376. The molecule has 1 saturated heterocycles. The normalized spacial score (nSPS) is 16.2. The van der Waals surface area contributed by atoms with Crippen LogP contribution in [-0.2, 0) is 0 Å². The van der Waals surface area contributed by atoms with Gasteiger partial charge in [0.05, 0.1) is 28.6 Å². The molecule has 0 bridgehead atoms. The third-order valence-electron chi connectivity index (χ3n) is 6.96. The zero-order valence-electron chi connectivity index (χ0n) is 21.5. The first-order valence-corrected chi connectivity index (χ1v) is 13.5. The first kappa shape index (κ1) is 24.7. The van der Waals surface area contributed by atoms with Crippen LogP contribution in [0.5, 0.6) is 5.75 Å². The van der Waals surface area contributed by atoms with E-state index < -0.39 is 11.6 Å². The molecule has 0 saturated carbocycles. The highest BCUT2D eigenvalue weighted by molar-refractivity contribution is 7.22. The molecule has 1 fully saturated rings. The summed E-state index contributed by atoms with van der Waals surface area (Å²) >= 11 is 1.67. The number of nitrogens with one attached hydrogen (secondary N) is 1. The van der Waals surface area contributed by atoms with Crippen LogP contribution in [0.2, 0.25) is 0 Å². The largest absolute Gasteiger partial charge is 0.486 e. The van der Waals surface area contributed by atoms with Crippen molar-refractivity contribution in [2.45, 2.75) is 19.9 Å². The lowest BCUT2D eigenvalue weighted by molar-refractivity contribution is 0.287. The molecule has 2 aliphatic heterocycles. The Bertz CT molecular complexity index is 1490. The van der Waals surface area contributed by atoms with Crippen LogP contribution in [0.3, 0.4) is 0 Å². The minimum atomic E-state index is -0.630. The molecule has 2 aliphatic rings. The van der Waals surface area contributed by atoms with Crippen LogP contribution < -0.4 is 19.9 Å². The van der Waals surface area contributed by atoms with Crippen molar-refractivity contribution in [3.05, 3.63) is 48.2 Å². The van der Waals surface area contributed by atoms with Gasteiger partial charge in [0.15, 0.2) is 22.5 Å². The monoisotopic (exact) mass is 537 g/mol. The molecular formula is C27H29F2N7OS. The minimum Gasteiger partial charge on any atom is -0.486 e. The first-order valence-electron chi connectivity index (χ1n) is 12.7. The lowest BCUT2D eigenvalue weighted by Gasteiger charge is -2.34. The summed E-state index contributed by atoms with van der Waals surface area (Å²) < 4.78 is 36.5. The topological polar surface area (TPSA) is 69.7 Å². The summed E-state index contributed by atoms with van der Waals surface area (Å²) in [5.41, 5.74) is 2.56. The highest BCUT2D eigenvalue weighted by Crippen LogP contribution is 2.39. The van der Waals surface area contributed by atoms with Crippen LogP contribution in [0.1, 0.15) is 13.8 Å². The average molecular weight is 538 g/mol. The Kier molecular flexibility index (Phi) is 6.48. The Balaban J connectivity index is 1.28. The van der Waals surface area contributed by atoms with Crippen LogP contribution in [0, 0.1) is 11.6 Å². The van der Waals surface area contributed by atoms with E-state index in [4.69, 9.17) is 9.72 Å². The predicted octanol–water partition coefficient (Wildman–Crippen LogP) is 5.13. The van der Waals surface area contributed by atoms with E-state index in [0.29, 0.717) is 24.4 Å². The van der Waals surface area contributed by atoms with Gasteiger partial charge in [-0.3, -0.25) is 0 Å².